The van der Waals surface area contributed by atoms with E-state index in [4.69, 9.17) is 0 Å². The molecule has 0 unspecified atom stereocenters. The summed E-state index contributed by atoms with van der Waals surface area (Å²) < 4.78 is 0. The number of nitrogens with one attached hydrogen (secondary N) is 1. The highest BCUT2D eigenvalue weighted by molar-refractivity contribution is 7.08. The van der Waals surface area contributed by atoms with Gasteiger partial charge in [0.05, 0.1) is 0 Å². The maximum absolute atomic E-state index is 3.43. The minimum Gasteiger partial charge on any atom is -0.384 e. The van der Waals surface area contributed by atoms with Crippen molar-refractivity contribution in [3.63, 3.8) is 0 Å². The third-order valence-electron chi connectivity index (χ3n) is 2.70. The molecule has 1 N–H and O–H groups in total. The van der Waals surface area contributed by atoms with Crippen LogP contribution in [0, 0.1) is 0 Å². The van der Waals surface area contributed by atoms with Gasteiger partial charge in [-0.2, -0.15) is 11.3 Å². The summed E-state index contributed by atoms with van der Waals surface area (Å²) in [5.74, 6) is 0. The van der Waals surface area contributed by atoms with Crippen molar-refractivity contribution < 1.29 is 0 Å². The van der Waals surface area contributed by atoms with Crippen molar-refractivity contribution in [2.45, 2.75) is 19.3 Å². The molecule has 3 heteroatoms. The smallest absolute Gasteiger partial charge is 0.0448 e. The van der Waals surface area contributed by atoms with Crippen LogP contribution >= 0.6 is 11.3 Å². The molecule has 1 aliphatic rings. The molecule has 1 saturated heterocycles. The third kappa shape index (κ3) is 3.00. The van der Waals surface area contributed by atoms with E-state index >= 15 is 0 Å². The van der Waals surface area contributed by atoms with Crippen LogP contribution in [0.2, 0.25) is 0 Å². The van der Waals surface area contributed by atoms with Gasteiger partial charge in [0.2, 0.25) is 0 Å². The van der Waals surface area contributed by atoms with Gasteiger partial charge in [0.25, 0.3) is 0 Å². The van der Waals surface area contributed by atoms with Gasteiger partial charge in [-0.25, -0.2) is 0 Å². The number of nitrogens with zero attached hydrogens (tertiary/aromatic N) is 1. The van der Waals surface area contributed by atoms with Crippen molar-refractivity contribution >= 4 is 17.0 Å². The summed E-state index contributed by atoms with van der Waals surface area (Å²) in [6.45, 7) is 5.00. The Balaban J connectivity index is 1.55. The van der Waals surface area contributed by atoms with Crippen LogP contribution in [0.25, 0.3) is 0 Å². The van der Waals surface area contributed by atoms with E-state index < -0.39 is 0 Å². The quantitative estimate of drug-likeness (QED) is 0.752. The van der Waals surface area contributed by atoms with Gasteiger partial charge in [0.1, 0.15) is 0 Å². The van der Waals surface area contributed by atoms with Crippen LogP contribution in [0.3, 0.4) is 0 Å². The highest BCUT2D eigenvalue weighted by Crippen LogP contribution is 2.12. The Morgan fingerprint density at radius 2 is 2.21 bits per heavy atom. The molecule has 2 nitrogen and oxygen atoms in total. The zero-order valence-corrected chi connectivity index (χ0v) is 9.35. The summed E-state index contributed by atoms with van der Waals surface area (Å²) in [4.78, 5) is 2.56. The molecule has 1 aromatic rings. The van der Waals surface area contributed by atoms with Gasteiger partial charge in [0, 0.05) is 17.6 Å². The number of rotatable bonds is 5. The molecule has 0 amide bonds. The minimum atomic E-state index is 1.10. The number of likely N-dealkylation sites (tertiary alicyclic amines) is 1. The zero-order valence-electron chi connectivity index (χ0n) is 8.54. The van der Waals surface area contributed by atoms with Crippen molar-refractivity contribution in [2.24, 2.45) is 0 Å². The van der Waals surface area contributed by atoms with E-state index in [1.54, 1.807) is 11.3 Å². The Morgan fingerprint density at radius 3 is 2.93 bits per heavy atom. The minimum absolute atomic E-state index is 1.10. The molecule has 2 rings (SSSR count). The lowest BCUT2D eigenvalue weighted by molar-refractivity contribution is 0.337. The fourth-order valence-corrected chi connectivity index (χ4v) is 2.52. The normalized spacial score (nSPS) is 17.4. The maximum atomic E-state index is 3.43. The first-order chi connectivity index (χ1) is 6.95. The predicted octanol–water partition coefficient (Wildman–Crippen LogP) is 2.65. The summed E-state index contributed by atoms with van der Waals surface area (Å²) in [5, 5.41) is 7.71. The molecule has 1 aromatic heterocycles. The fraction of sp³-hybridized carbons (Fsp3) is 0.636. The van der Waals surface area contributed by atoms with Gasteiger partial charge >= 0.3 is 0 Å². The van der Waals surface area contributed by atoms with Crippen LogP contribution in [0.4, 0.5) is 5.69 Å². The summed E-state index contributed by atoms with van der Waals surface area (Å²) >= 11 is 1.75. The Morgan fingerprint density at radius 1 is 1.36 bits per heavy atom. The van der Waals surface area contributed by atoms with Crippen LogP contribution in [0.1, 0.15) is 19.3 Å². The van der Waals surface area contributed by atoms with Gasteiger partial charge in [-0.1, -0.05) is 0 Å². The highest BCUT2D eigenvalue weighted by Gasteiger charge is 2.09. The zero-order chi connectivity index (χ0) is 9.64. The Labute approximate surface area is 89.9 Å². The van der Waals surface area contributed by atoms with E-state index in [1.807, 2.05) is 0 Å². The monoisotopic (exact) mass is 210 g/mol. The number of hydrogen-bond acceptors (Lipinski definition) is 3. The largest absolute Gasteiger partial charge is 0.384 e. The second kappa shape index (κ2) is 5.37. The van der Waals surface area contributed by atoms with Crippen molar-refractivity contribution in [1.82, 2.24) is 4.90 Å². The standard InChI is InChI=1S/C11H18N2S/c1-2-7-13(6-1)8-3-5-12-11-4-9-14-10-11/h4,9-10,12H,1-3,5-8H2. The van der Waals surface area contributed by atoms with Crippen molar-refractivity contribution in [2.75, 3.05) is 31.5 Å². The molecule has 0 bridgehead atoms. The summed E-state index contributed by atoms with van der Waals surface area (Å²) in [6, 6.07) is 2.14. The van der Waals surface area contributed by atoms with E-state index in [0.29, 0.717) is 0 Å². The summed E-state index contributed by atoms with van der Waals surface area (Å²) in [6.07, 6.45) is 4.06. The van der Waals surface area contributed by atoms with Gasteiger partial charge in [-0.3, -0.25) is 0 Å². The Hall–Kier alpha value is -0.540. The molecule has 0 atom stereocenters. The first-order valence-electron chi connectivity index (χ1n) is 5.43. The highest BCUT2D eigenvalue weighted by atomic mass is 32.1. The number of thiophene rings is 1. The van der Waals surface area contributed by atoms with E-state index in [-0.39, 0.29) is 0 Å². The molecule has 0 aliphatic carbocycles. The maximum Gasteiger partial charge on any atom is 0.0448 e. The van der Waals surface area contributed by atoms with Gasteiger partial charge in [-0.15, -0.1) is 0 Å². The van der Waals surface area contributed by atoms with Crippen LogP contribution in [-0.4, -0.2) is 31.1 Å². The van der Waals surface area contributed by atoms with Crippen molar-refractivity contribution in [3.05, 3.63) is 16.8 Å². The molecule has 14 heavy (non-hydrogen) atoms. The first kappa shape index (κ1) is 9.99. The van der Waals surface area contributed by atoms with Gasteiger partial charge < -0.3 is 10.2 Å². The molecule has 0 saturated carbocycles. The molecule has 78 valence electrons. The molecule has 0 aromatic carbocycles. The first-order valence-corrected chi connectivity index (χ1v) is 6.38. The van der Waals surface area contributed by atoms with Crippen molar-refractivity contribution in [1.29, 1.82) is 0 Å². The van der Waals surface area contributed by atoms with E-state index in [1.165, 1.54) is 44.6 Å². The molecule has 0 spiro atoms. The number of hydrogen-bond donors (Lipinski definition) is 1. The average molecular weight is 210 g/mol. The lowest BCUT2D eigenvalue weighted by Gasteiger charge is -2.14. The molecular weight excluding hydrogens is 192 g/mol. The number of anilines is 1. The van der Waals surface area contributed by atoms with Gasteiger partial charge in [-0.05, 0) is 50.3 Å². The molecule has 1 aliphatic heterocycles. The van der Waals surface area contributed by atoms with Gasteiger partial charge in [0.15, 0.2) is 0 Å². The fourth-order valence-electron chi connectivity index (χ4n) is 1.91. The van der Waals surface area contributed by atoms with Crippen LogP contribution < -0.4 is 5.32 Å². The van der Waals surface area contributed by atoms with E-state index in [2.05, 4.69) is 27.0 Å². The summed E-state index contributed by atoms with van der Waals surface area (Å²) in [5.41, 5.74) is 1.27. The topological polar surface area (TPSA) is 15.3 Å². The molecule has 2 heterocycles. The van der Waals surface area contributed by atoms with E-state index in [0.717, 1.165) is 6.54 Å². The molecule has 1 fully saturated rings. The van der Waals surface area contributed by atoms with Crippen LogP contribution in [0.15, 0.2) is 16.8 Å². The van der Waals surface area contributed by atoms with Crippen molar-refractivity contribution in [3.8, 4) is 0 Å². The predicted molar refractivity (Wildman–Crippen MR) is 63.1 cm³/mol. The van der Waals surface area contributed by atoms with Crippen LogP contribution in [0.5, 0.6) is 0 Å². The molecule has 0 radical (unpaired) electrons. The Bertz CT molecular complexity index is 240. The second-order valence-electron chi connectivity index (χ2n) is 3.84. The lowest BCUT2D eigenvalue weighted by Crippen LogP contribution is -2.22. The third-order valence-corrected chi connectivity index (χ3v) is 3.38. The molecular formula is C11H18N2S. The SMILES string of the molecule is c1cc(NCCCN2CCCC2)cs1. The van der Waals surface area contributed by atoms with E-state index in [9.17, 15) is 0 Å². The average Bonchev–Trinajstić information content (AvgIpc) is 2.86. The lowest BCUT2D eigenvalue weighted by atomic mass is 10.4. The van der Waals surface area contributed by atoms with Crippen LogP contribution in [-0.2, 0) is 0 Å². The second-order valence-corrected chi connectivity index (χ2v) is 4.62. The summed E-state index contributed by atoms with van der Waals surface area (Å²) in [7, 11) is 0. The Kier molecular flexibility index (Phi) is 3.83.